The molecule has 0 aliphatic carbocycles. The summed E-state index contributed by atoms with van der Waals surface area (Å²) in [5.74, 6) is 0. The third kappa shape index (κ3) is 2.06. The Kier molecular flexibility index (Phi) is 3.53. The molecule has 0 saturated carbocycles. The van der Waals surface area contributed by atoms with Crippen molar-refractivity contribution in [3.63, 3.8) is 0 Å². The first-order valence-electron chi connectivity index (χ1n) is 6.29. The summed E-state index contributed by atoms with van der Waals surface area (Å²) in [4.78, 5) is 0. The predicted molar refractivity (Wildman–Crippen MR) is 75.6 cm³/mol. The Balaban J connectivity index is 2.59. The van der Waals surface area contributed by atoms with Gasteiger partial charge in [0.1, 0.15) is 0 Å². The number of hydrogen-bond donors (Lipinski definition) is 1. The van der Waals surface area contributed by atoms with Crippen molar-refractivity contribution in [3.05, 3.63) is 40.7 Å². The standard InChI is InChI=1S/C15H21N3/c1-10-6-7-13(12(3)11(10)2)14-8-17-18(5)15(14)9-16-4/h6-8,16H,9H2,1-5H3. The monoisotopic (exact) mass is 243 g/mol. The molecule has 0 aliphatic rings. The minimum absolute atomic E-state index is 0.832. The fourth-order valence-electron chi connectivity index (χ4n) is 2.31. The second kappa shape index (κ2) is 4.94. The van der Waals surface area contributed by atoms with Gasteiger partial charge in [0.15, 0.2) is 0 Å². The number of aromatic nitrogens is 2. The van der Waals surface area contributed by atoms with Gasteiger partial charge < -0.3 is 5.32 Å². The molecule has 0 spiro atoms. The van der Waals surface area contributed by atoms with E-state index in [-0.39, 0.29) is 0 Å². The summed E-state index contributed by atoms with van der Waals surface area (Å²) in [5.41, 5.74) is 7.80. The van der Waals surface area contributed by atoms with Crippen LogP contribution in [0.4, 0.5) is 0 Å². The SMILES string of the molecule is CNCc1c(-c2ccc(C)c(C)c2C)cnn1C. The van der Waals surface area contributed by atoms with Gasteiger partial charge in [-0.15, -0.1) is 0 Å². The molecule has 0 aliphatic heterocycles. The highest BCUT2D eigenvalue weighted by Gasteiger charge is 2.13. The van der Waals surface area contributed by atoms with Crippen LogP contribution in [0.25, 0.3) is 11.1 Å². The van der Waals surface area contributed by atoms with Crippen molar-refractivity contribution in [1.29, 1.82) is 0 Å². The number of aryl methyl sites for hydroxylation is 2. The van der Waals surface area contributed by atoms with Gasteiger partial charge in [-0.1, -0.05) is 12.1 Å². The highest BCUT2D eigenvalue weighted by atomic mass is 15.3. The van der Waals surface area contributed by atoms with Crippen molar-refractivity contribution in [2.24, 2.45) is 7.05 Å². The van der Waals surface area contributed by atoms with E-state index in [2.05, 4.69) is 43.3 Å². The van der Waals surface area contributed by atoms with Crippen LogP contribution in [0.15, 0.2) is 18.3 Å². The minimum atomic E-state index is 0.832. The van der Waals surface area contributed by atoms with E-state index in [1.807, 2.05) is 25.0 Å². The Hall–Kier alpha value is -1.61. The highest BCUT2D eigenvalue weighted by molar-refractivity contribution is 5.70. The molecule has 18 heavy (non-hydrogen) atoms. The van der Waals surface area contributed by atoms with Crippen LogP contribution in [-0.2, 0) is 13.6 Å². The highest BCUT2D eigenvalue weighted by Crippen LogP contribution is 2.29. The molecule has 0 unspecified atom stereocenters. The van der Waals surface area contributed by atoms with Gasteiger partial charge >= 0.3 is 0 Å². The van der Waals surface area contributed by atoms with Crippen LogP contribution in [0.1, 0.15) is 22.4 Å². The van der Waals surface area contributed by atoms with Gasteiger partial charge in [0.2, 0.25) is 0 Å². The Morgan fingerprint density at radius 1 is 1.11 bits per heavy atom. The third-order valence-electron chi connectivity index (χ3n) is 3.75. The van der Waals surface area contributed by atoms with Crippen LogP contribution in [0.3, 0.4) is 0 Å². The van der Waals surface area contributed by atoms with Crippen molar-refractivity contribution in [2.45, 2.75) is 27.3 Å². The van der Waals surface area contributed by atoms with Gasteiger partial charge in [0.05, 0.1) is 11.9 Å². The van der Waals surface area contributed by atoms with Crippen LogP contribution in [0.5, 0.6) is 0 Å². The molecule has 0 saturated heterocycles. The van der Waals surface area contributed by atoms with Crippen molar-refractivity contribution in [1.82, 2.24) is 15.1 Å². The van der Waals surface area contributed by atoms with Gasteiger partial charge in [-0.05, 0) is 50.1 Å². The van der Waals surface area contributed by atoms with E-state index in [1.165, 1.54) is 33.5 Å². The molecule has 0 atom stereocenters. The van der Waals surface area contributed by atoms with E-state index >= 15 is 0 Å². The summed E-state index contributed by atoms with van der Waals surface area (Å²) in [6.07, 6.45) is 1.96. The van der Waals surface area contributed by atoms with Crippen LogP contribution in [0, 0.1) is 20.8 Å². The molecule has 3 heteroatoms. The molecular weight excluding hydrogens is 222 g/mol. The minimum Gasteiger partial charge on any atom is -0.314 e. The lowest BCUT2D eigenvalue weighted by Gasteiger charge is -2.12. The number of nitrogens with one attached hydrogen (secondary N) is 1. The summed E-state index contributed by atoms with van der Waals surface area (Å²) in [5, 5.41) is 7.59. The second-order valence-corrected chi connectivity index (χ2v) is 4.84. The predicted octanol–water partition coefficient (Wildman–Crippen LogP) is 2.73. The van der Waals surface area contributed by atoms with E-state index in [0.29, 0.717) is 0 Å². The molecule has 1 aromatic carbocycles. The number of hydrogen-bond acceptors (Lipinski definition) is 2. The number of benzene rings is 1. The van der Waals surface area contributed by atoms with E-state index in [9.17, 15) is 0 Å². The van der Waals surface area contributed by atoms with Gasteiger partial charge in [0, 0.05) is 19.2 Å². The summed E-state index contributed by atoms with van der Waals surface area (Å²) in [6.45, 7) is 7.36. The van der Waals surface area contributed by atoms with Crippen LogP contribution < -0.4 is 5.32 Å². The number of nitrogens with zero attached hydrogens (tertiary/aromatic N) is 2. The maximum absolute atomic E-state index is 4.38. The third-order valence-corrected chi connectivity index (χ3v) is 3.75. The van der Waals surface area contributed by atoms with Gasteiger partial charge in [-0.3, -0.25) is 4.68 Å². The fraction of sp³-hybridized carbons (Fsp3) is 0.400. The summed E-state index contributed by atoms with van der Waals surface area (Å²) >= 11 is 0. The first-order chi connectivity index (χ1) is 8.56. The summed E-state index contributed by atoms with van der Waals surface area (Å²) in [6, 6.07) is 4.39. The molecule has 0 fully saturated rings. The van der Waals surface area contributed by atoms with Gasteiger partial charge in [0.25, 0.3) is 0 Å². The van der Waals surface area contributed by atoms with E-state index < -0.39 is 0 Å². The summed E-state index contributed by atoms with van der Waals surface area (Å²) in [7, 11) is 3.95. The zero-order valence-corrected chi connectivity index (χ0v) is 11.8. The maximum Gasteiger partial charge on any atom is 0.0597 e. The van der Waals surface area contributed by atoms with Crippen molar-refractivity contribution < 1.29 is 0 Å². The fourth-order valence-corrected chi connectivity index (χ4v) is 2.31. The van der Waals surface area contributed by atoms with Crippen LogP contribution >= 0.6 is 0 Å². The Morgan fingerprint density at radius 2 is 1.83 bits per heavy atom. The van der Waals surface area contributed by atoms with E-state index in [0.717, 1.165) is 6.54 Å². The normalized spacial score (nSPS) is 10.9. The Labute approximate surface area is 109 Å². The zero-order chi connectivity index (χ0) is 13.3. The molecular formula is C15H21N3. The Bertz CT molecular complexity index is 567. The lowest BCUT2D eigenvalue weighted by molar-refractivity contribution is 0.673. The first-order valence-corrected chi connectivity index (χ1v) is 6.29. The molecule has 2 aromatic rings. The molecule has 0 bridgehead atoms. The molecule has 96 valence electrons. The maximum atomic E-state index is 4.38. The average Bonchev–Trinajstić information content (AvgIpc) is 2.70. The van der Waals surface area contributed by atoms with Gasteiger partial charge in [-0.25, -0.2) is 0 Å². The quantitative estimate of drug-likeness (QED) is 0.898. The smallest absolute Gasteiger partial charge is 0.0597 e. The van der Waals surface area contributed by atoms with Crippen LogP contribution in [0.2, 0.25) is 0 Å². The molecule has 1 heterocycles. The van der Waals surface area contributed by atoms with Crippen molar-refractivity contribution in [3.8, 4) is 11.1 Å². The van der Waals surface area contributed by atoms with E-state index in [4.69, 9.17) is 0 Å². The zero-order valence-electron chi connectivity index (χ0n) is 11.8. The molecule has 0 amide bonds. The molecule has 0 radical (unpaired) electrons. The molecule has 1 N–H and O–H groups in total. The first kappa shape index (κ1) is 12.8. The Morgan fingerprint density at radius 3 is 2.50 bits per heavy atom. The molecule has 3 nitrogen and oxygen atoms in total. The van der Waals surface area contributed by atoms with Crippen molar-refractivity contribution in [2.75, 3.05) is 7.05 Å². The second-order valence-electron chi connectivity index (χ2n) is 4.84. The largest absolute Gasteiger partial charge is 0.314 e. The lowest BCUT2D eigenvalue weighted by Crippen LogP contribution is -2.11. The summed E-state index contributed by atoms with van der Waals surface area (Å²) < 4.78 is 1.94. The average molecular weight is 243 g/mol. The lowest BCUT2D eigenvalue weighted by atomic mass is 9.94. The topological polar surface area (TPSA) is 29.9 Å². The number of rotatable bonds is 3. The van der Waals surface area contributed by atoms with E-state index in [1.54, 1.807) is 0 Å². The molecule has 1 aromatic heterocycles. The van der Waals surface area contributed by atoms with Crippen LogP contribution in [-0.4, -0.2) is 16.8 Å². The molecule has 2 rings (SSSR count). The van der Waals surface area contributed by atoms with Gasteiger partial charge in [-0.2, -0.15) is 5.10 Å². The van der Waals surface area contributed by atoms with Crippen molar-refractivity contribution >= 4 is 0 Å².